The van der Waals surface area contributed by atoms with E-state index in [1.165, 1.54) is 31.3 Å². The number of aromatic nitrogens is 1. The molecule has 4 nitrogen and oxygen atoms in total. The quantitative estimate of drug-likeness (QED) is 0.781. The predicted molar refractivity (Wildman–Crippen MR) is 77.8 cm³/mol. The largest absolute Gasteiger partial charge is 0.465 e. The van der Waals surface area contributed by atoms with Gasteiger partial charge < -0.3 is 9.64 Å². The minimum absolute atomic E-state index is 0.298. The van der Waals surface area contributed by atoms with Gasteiger partial charge in [-0.2, -0.15) is 0 Å². The van der Waals surface area contributed by atoms with Gasteiger partial charge in [0.2, 0.25) is 0 Å². The van der Waals surface area contributed by atoms with Crippen molar-refractivity contribution in [3.8, 4) is 0 Å². The van der Waals surface area contributed by atoms with Gasteiger partial charge in [0.25, 0.3) is 0 Å². The van der Waals surface area contributed by atoms with Crippen molar-refractivity contribution in [1.29, 1.82) is 0 Å². The van der Waals surface area contributed by atoms with Crippen molar-refractivity contribution >= 4 is 22.4 Å². The summed E-state index contributed by atoms with van der Waals surface area (Å²) < 4.78 is 4.71. The molecule has 5 heteroatoms. The van der Waals surface area contributed by atoms with E-state index in [-0.39, 0.29) is 5.97 Å². The van der Waals surface area contributed by atoms with Crippen LogP contribution in [0.1, 0.15) is 43.3 Å². The maximum atomic E-state index is 11.4. The lowest BCUT2D eigenvalue weighted by Gasteiger charge is -2.38. The van der Waals surface area contributed by atoms with Crippen molar-refractivity contribution in [2.24, 2.45) is 11.3 Å². The predicted octanol–water partition coefficient (Wildman–Crippen LogP) is 3.19. The van der Waals surface area contributed by atoms with Gasteiger partial charge in [-0.15, -0.1) is 0 Å². The Bertz CT molecular complexity index is 443. The van der Waals surface area contributed by atoms with Crippen LogP contribution < -0.4 is 4.90 Å². The SMILES string of the molecule is COC(=O)c1cnc(N2CCC(C(C)(C)C)CC2)s1. The number of rotatable bonds is 2. The third kappa shape index (κ3) is 3.26. The Balaban J connectivity index is 1.98. The standard InChI is InChI=1S/C14H22N2O2S/c1-14(2,3)10-5-7-16(8-6-10)13-15-9-11(19-13)12(17)18-4/h9-10H,5-8H2,1-4H3. The topological polar surface area (TPSA) is 42.4 Å². The summed E-state index contributed by atoms with van der Waals surface area (Å²) in [5.74, 6) is 0.470. The van der Waals surface area contributed by atoms with Crippen molar-refractivity contribution in [3.05, 3.63) is 11.1 Å². The van der Waals surface area contributed by atoms with Crippen LogP contribution in [0.15, 0.2) is 6.20 Å². The van der Waals surface area contributed by atoms with E-state index >= 15 is 0 Å². The maximum absolute atomic E-state index is 11.4. The molecule has 0 saturated carbocycles. The molecule has 0 aliphatic carbocycles. The monoisotopic (exact) mass is 282 g/mol. The van der Waals surface area contributed by atoms with Gasteiger partial charge in [-0.25, -0.2) is 9.78 Å². The zero-order valence-corrected chi connectivity index (χ0v) is 12.9. The van der Waals surface area contributed by atoms with Crippen molar-refractivity contribution in [3.63, 3.8) is 0 Å². The second-order valence-electron chi connectivity index (χ2n) is 6.13. The Morgan fingerprint density at radius 3 is 2.58 bits per heavy atom. The van der Waals surface area contributed by atoms with E-state index in [1.807, 2.05) is 0 Å². The first-order chi connectivity index (χ1) is 8.91. The number of hydrogen-bond acceptors (Lipinski definition) is 5. The highest BCUT2D eigenvalue weighted by molar-refractivity contribution is 7.17. The lowest BCUT2D eigenvalue weighted by Crippen LogP contribution is -2.37. The van der Waals surface area contributed by atoms with Gasteiger partial charge in [-0.3, -0.25) is 0 Å². The number of hydrogen-bond donors (Lipinski definition) is 0. The van der Waals surface area contributed by atoms with Crippen LogP contribution in [-0.4, -0.2) is 31.2 Å². The Morgan fingerprint density at radius 2 is 2.05 bits per heavy atom. The van der Waals surface area contributed by atoms with Crippen LogP contribution in [0.4, 0.5) is 5.13 Å². The molecule has 0 unspecified atom stereocenters. The first kappa shape index (κ1) is 14.3. The number of esters is 1. The fourth-order valence-corrected chi connectivity index (χ4v) is 3.43. The average Bonchev–Trinajstić information content (AvgIpc) is 2.86. The summed E-state index contributed by atoms with van der Waals surface area (Å²) in [6, 6.07) is 0. The Kier molecular flexibility index (Phi) is 4.13. The molecule has 0 radical (unpaired) electrons. The molecule has 0 atom stereocenters. The first-order valence-electron chi connectivity index (χ1n) is 6.71. The fraction of sp³-hybridized carbons (Fsp3) is 0.714. The van der Waals surface area contributed by atoms with Crippen molar-refractivity contribution in [2.75, 3.05) is 25.1 Å². The van der Waals surface area contributed by atoms with E-state index in [1.54, 1.807) is 6.20 Å². The molecule has 0 aromatic carbocycles. The molecule has 2 heterocycles. The zero-order chi connectivity index (χ0) is 14.0. The molecule has 19 heavy (non-hydrogen) atoms. The molecule has 1 fully saturated rings. The Hall–Kier alpha value is -1.10. The highest BCUT2D eigenvalue weighted by Crippen LogP contribution is 2.36. The highest BCUT2D eigenvalue weighted by atomic mass is 32.1. The van der Waals surface area contributed by atoms with Crippen molar-refractivity contribution in [1.82, 2.24) is 4.98 Å². The van der Waals surface area contributed by atoms with Crippen LogP contribution in [0.3, 0.4) is 0 Å². The number of thiazole rings is 1. The van der Waals surface area contributed by atoms with Gasteiger partial charge in [0.05, 0.1) is 13.3 Å². The molecular formula is C14H22N2O2S. The molecule has 0 amide bonds. The molecule has 106 valence electrons. The summed E-state index contributed by atoms with van der Waals surface area (Å²) in [6.07, 6.45) is 3.99. The van der Waals surface area contributed by atoms with E-state index < -0.39 is 0 Å². The van der Waals surface area contributed by atoms with E-state index in [0.717, 1.165) is 24.1 Å². The number of carbonyl (C=O) groups is 1. The molecule has 1 aromatic rings. The third-order valence-corrected chi connectivity index (χ3v) is 4.91. The number of ether oxygens (including phenoxy) is 1. The molecule has 2 rings (SSSR count). The molecule has 1 aliphatic heterocycles. The van der Waals surface area contributed by atoms with Crippen LogP contribution in [0.25, 0.3) is 0 Å². The van der Waals surface area contributed by atoms with Gasteiger partial charge in [0, 0.05) is 13.1 Å². The number of nitrogens with zero attached hydrogens (tertiary/aromatic N) is 2. The second kappa shape index (κ2) is 5.49. The molecular weight excluding hydrogens is 260 g/mol. The third-order valence-electron chi connectivity index (χ3n) is 3.87. The first-order valence-corrected chi connectivity index (χ1v) is 7.52. The zero-order valence-electron chi connectivity index (χ0n) is 12.1. The van der Waals surface area contributed by atoms with E-state index in [4.69, 9.17) is 4.74 Å². The highest BCUT2D eigenvalue weighted by Gasteiger charge is 2.29. The van der Waals surface area contributed by atoms with Gasteiger partial charge >= 0.3 is 5.97 Å². The number of anilines is 1. The smallest absolute Gasteiger partial charge is 0.349 e. The Morgan fingerprint density at radius 1 is 1.42 bits per heavy atom. The second-order valence-corrected chi connectivity index (χ2v) is 7.14. The summed E-state index contributed by atoms with van der Waals surface area (Å²) in [7, 11) is 1.40. The van der Waals surface area contributed by atoms with Gasteiger partial charge in [0.15, 0.2) is 5.13 Å². The van der Waals surface area contributed by atoms with E-state index in [2.05, 4.69) is 30.7 Å². The van der Waals surface area contributed by atoms with Gasteiger partial charge in [-0.1, -0.05) is 32.1 Å². The fourth-order valence-electron chi connectivity index (χ4n) is 2.54. The maximum Gasteiger partial charge on any atom is 0.349 e. The molecule has 1 aromatic heterocycles. The van der Waals surface area contributed by atoms with E-state index in [0.29, 0.717) is 10.3 Å². The minimum atomic E-state index is -0.298. The summed E-state index contributed by atoms with van der Waals surface area (Å²) >= 11 is 1.42. The van der Waals surface area contributed by atoms with Crippen LogP contribution in [0, 0.1) is 11.3 Å². The van der Waals surface area contributed by atoms with Crippen LogP contribution >= 0.6 is 11.3 Å². The average molecular weight is 282 g/mol. The van der Waals surface area contributed by atoms with Gasteiger partial charge in [0.1, 0.15) is 4.88 Å². The van der Waals surface area contributed by atoms with Crippen molar-refractivity contribution in [2.45, 2.75) is 33.6 Å². The van der Waals surface area contributed by atoms with Crippen LogP contribution in [0.5, 0.6) is 0 Å². The lowest BCUT2D eigenvalue weighted by atomic mass is 9.75. The normalized spacial score (nSPS) is 17.6. The van der Waals surface area contributed by atoms with Crippen molar-refractivity contribution < 1.29 is 9.53 Å². The van der Waals surface area contributed by atoms with Crippen LogP contribution in [0.2, 0.25) is 0 Å². The summed E-state index contributed by atoms with van der Waals surface area (Å²) in [5, 5.41) is 0.938. The van der Waals surface area contributed by atoms with E-state index in [9.17, 15) is 4.79 Å². The number of carbonyl (C=O) groups excluding carboxylic acids is 1. The Labute approximate surface area is 118 Å². The summed E-state index contributed by atoms with van der Waals surface area (Å²) in [4.78, 5) is 18.6. The molecule has 0 spiro atoms. The molecule has 1 aliphatic rings. The minimum Gasteiger partial charge on any atom is -0.465 e. The summed E-state index contributed by atoms with van der Waals surface area (Å²) in [5.41, 5.74) is 0.381. The summed E-state index contributed by atoms with van der Waals surface area (Å²) in [6.45, 7) is 8.98. The van der Waals surface area contributed by atoms with Crippen LogP contribution in [-0.2, 0) is 4.74 Å². The lowest BCUT2D eigenvalue weighted by molar-refractivity contribution is 0.0606. The number of piperidine rings is 1. The number of methoxy groups -OCH3 is 1. The molecule has 1 saturated heterocycles. The molecule has 0 N–H and O–H groups in total. The molecule has 0 bridgehead atoms. The van der Waals surface area contributed by atoms with Gasteiger partial charge in [-0.05, 0) is 24.2 Å².